The summed E-state index contributed by atoms with van der Waals surface area (Å²) in [6.45, 7) is 6.78. The van der Waals surface area contributed by atoms with Crippen molar-refractivity contribution in [1.29, 1.82) is 0 Å². The Labute approximate surface area is 154 Å². The second kappa shape index (κ2) is 8.34. The van der Waals surface area contributed by atoms with E-state index in [1.807, 2.05) is 20.8 Å². The molecule has 0 bridgehead atoms. The highest BCUT2D eigenvalue weighted by atomic mass is 16.4. The molecule has 1 saturated heterocycles. The lowest BCUT2D eigenvalue weighted by Crippen LogP contribution is -2.47. The summed E-state index contributed by atoms with van der Waals surface area (Å²) in [7, 11) is 1.62. The number of carbonyl (C=O) groups excluding carboxylic acids is 2. The van der Waals surface area contributed by atoms with Crippen LogP contribution in [0.25, 0.3) is 0 Å². The van der Waals surface area contributed by atoms with E-state index in [0.717, 1.165) is 22.3 Å². The SMILES string of the molecule is Cc1cc(C)c(CC(=O)N(C)CC(=O)N2CCCC(C(=O)O)C2)c(C)c1. The number of nitrogens with zero attached hydrogens (tertiary/aromatic N) is 2. The summed E-state index contributed by atoms with van der Waals surface area (Å²) in [6.07, 6.45) is 1.54. The van der Waals surface area contributed by atoms with Gasteiger partial charge in [-0.2, -0.15) is 0 Å². The average molecular weight is 360 g/mol. The standard InChI is InChI=1S/C20H28N2O4/c1-13-8-14(2)17(15(3)9-13)10-18(23)21(4)12-19(24)22-7-5-6-16(11-22)20(25)26/h8-9,16H,5-7,10-12H2,1-4H3,(H,25,26). The first-order valence-electron chi connectivity index (χ1n) is 9.00. The minimum atomic E-state index is -0.864. The van der Waals surface area contributed by atoms with Gasteiger partial charge in [0.2, 0.25) is 11.8 Å². The number of aliphatic carboxylic acids is 1. The van der Waals surface area contributed by atoms with Crippen molar-refractivity contribution in [3.05, 3.63) is 34.4 Å². The molecule has 142 valence electrons. The number of carbonyl (C=O) groups is 3. The molecule has 1 atom stereocenters. The van der Waals surface area contributed by atoms with E-state index >= 15 is 0 Å². The number of amides is 2. The molecule has 0 aliphatic carbocycles. The number of benzene rings is 1. The van der Waals surface area contributed by atoms with Crippen molar-refractivity contribution in [2.45, 2.75) is 40.0 Å². The van der Waals surface area contributed by atoms with Crippen LogP contribution in [0.4, 0.5) is 0 Å². The van der Waals surface area contributed by atoms with Gasteiger partial charge in [-0.1, -0.05) is 17.7 Å². The number of hydrogen-bond donors (Lipinski definition) is 1. The minimum Gasteiger partial charge on any atom is -0.481 e. The van der Waals surface area contributed by atoms with E-state index in [0.29, 0.717) is 19.4 Å². The fourth-order valence-corrected chi connectivity index (χ4v) is 3.57. The normalized spacial score (nSPS) is 17.1. The highest BCUT2D eigenvalue weighted by Crippen LogP contribution is 2.19. The first kappa shape index (κ1) is 19.9. The average Bonchev–Trinajstić information content (AvgIpc) is 2.57. The Morgan fingerprint density at radius 2 is 1.81 bits per heavy atom. The van der Waals surface area contributed by atoms with Crippen LogP contribution in [0.1, 0.15) is 35.1 Å². The van der Waals surface area contributed by atoms with Crippen LogP contribution < -0.4 is 0 Å². The number of piperidine rings is 1. The van der Waals surface area contributed by atoms with Crippen LogP contribution in [0.15, 0.2) is 12.1 Å². The van der Waals surface area contributed by atoms with Gasteiger partial charge in [-0.15, -0.1) is 0 Å². The number of likely N-dealkylation sites (tertiary alicyclic amines) is 1. The van der Waals surface area contributed by atoms with Gasteiger partial charge in [-0.3, -0.25) is 14.4 Å². The molecular formula is C20H28N2O4. The van der Waals surface area contributed by atoms with Gasteiger partial charge in [-0.05, 0) is 50.3 Å². The third-order valence-electron chi connectivity index (χ3n) is 5.09. The molecule has 26 heavy (non-hydrogen) atoms. The zero-order valence-electron chi connectivity index (χ0n) is 16.0. The molecule has 2 amide bonds. The van der Waals surface area contributed by atoms with Crippen LogP contribution in [0.2, 0.25) is 0 Å². The van der Waals surface area contributed by atoms with Gasteiger partial charge < -0.3 is 14.9 Å². The van der Waals surface area contributed by atoms with Crippen LogP contribution in [0, 0.1) is 26.7 Å². The monoisotopic (exact) mass is 360 g/mol. The van der Waals surface area contributed by atoms with Gasteiger partial charge in [0.25, 0.3) is 0 Å². The molecule has 1 aromatic rings. The highest BCUT2D eigenvalue weighted by Gasteiger charge is 2.29. The third-order valence-corrected chi connectivity index (χ3v) is 5.09. The smallest absolute Gasteiger partial charge is 0.308 e. The van der Waals surface area contributed by atoms with Crippen molar-refractivity contribution in [3.8, 4) is 0 Å². The molecule has 6 heteroatoms. The zero-order valence-corrected chi connectivity index (χ0v) is 16.0. The van der Waals surface area contributed by atoms with Crippen molar-refractivity contribution in [2.24, 2.45) is 5.92 Å². The van der Waals surface area contributed by atoms with E-state index in [-0.39, 0.29) is 31.3 Å². The summed E-state index contributed by atoms with van der Waals surface area (Å²) in [4.78, 5) is 39.1. The fourth-order valence-electron chi connectivity index (χ4n) is 3.57. The molecule has 6 nitrogen and oxygen atoms in total. The quantitative estimate of drug-likeness (QED) is 0.870. The molecule has 1 aliphatic rings. The Morgan fingerprint density at radius 3 is 2.38 bits per heavy atom. The van der Waals surface area contributed by atoms with Crippen molar-refractivity contribution in [3.63, 3.8) is 0 Å². The van der Waals surface area contributed by atoms with Crippen molar-refractivity contribution >= 4 is 17.8 Å². The molecular weight excluding hydrogens is 332 g/mol. The summed E-state index contributed by atoms with van der Waals surface area (Å²) in [5, 5.41) is 9.14. The topological polar surface area (TPSA) is 77.9 Å². The van der Waals surface area contributed by atoms with Crippen LogP contribution in [-0.2, 0) is 20.8 Å². The Balaban J connectivity index is 1.96. The molecule has 1 fully saturated rings. The lowest BCUT2D eigenvalue weighted by molar-refractivity contribution is -0.147. The molecule has 1 heterocycles. The number of likely N-dealkylation sites (N-methyl/N-ethyl adjacent to an activating group) is 1. The first-order chi connectivity index (χ1) is 12.2. The van der Waals surface area contributed by atoms with Crippen LogP contribution in [-0.4, -0.2) is 59.4 Å². The molecule has 0 radical (unpaired) electrons. The van der Waals surface area contributed by atoms with Crippen LogP contribution >= 0.6 is 0 Å². The molecule has 0 saturated carbocycles. The van der Waals surface area contributed by atoms with Gasteiger partial charge in [0.1, 0.15) is 0 Å². The number of aryl methyl sites for hydroxylation is 3. The molecule has 0 aromatic heterocycles. The van der Waals surface area contributed by atoms with E-state index in [1.165, 1.54) is 4.90 Å². The second-order valence-corrected chi connectivity index (χ2v) is 7.32. The van der Waals surface area contributed by atoms with E-state index < -0.39 is 11.9 Å². The van der Waals surface area contributed by atoms with Crippen molar-refractivity contribution < 1.29 is 19.5 Å². The summed E-state index contributed by atoms with van der Waals surface area (Å²) in [6, 6.07) is 4.11. The molecule has 1 unspecified atom stereocenters. The molecule has 0 spiro atoms. The Morgan fingerprint density at radius 1 is 1.19 bits per heavy atom. The maximum absolute atomic E-state index is 12.6. The first-order valence-corrected chi connectivity index (χ1v) is 9.00. The third kappa shape index (κ3) is 4.84. The Kier molecular flexibility index (Phi) is 6.40. The van der Waals surface area contributed by atoms with E-state index in [2.05, 4.69) is 12.1 Å². The number of hydrogen-bond acceptors (Lipinski definition) is 3. The largest absolute Gasteiger partial charge is 0.481 e. The maximum Gasteiger partial charge on any atom is 0.308 e. The van der Waals surface area contributed by atoms with Crippen LogP contribution in [0.5, 0.6) is 0 Å². The Bertz CT molecular complexity index is 691. The summed E-state index contributed by atoms with van der Waals surface area (Å²) in [5.74, 6) is -1.67. The fraction of sp³-hybridized carbons (Fsp3) is 0.550. The van der Waals surface area contributed by atoms with Crippen molar-refractivity contribution in [1.82, 2.24) is 9.80 Å². The lowest BCUT2D eigenvalue weighted by Gasteiger charge is -2.32. The zero-order chi connectivity index (χ0) is 19.4. The van der Waals surface area contributed by atoms with Gasteiger partial charge in [0.15, 0.2) is 0 Å². The van der Waals surface area contributed by atoms with E-state index in [4.69, 9.17) is 5.11 Å². The molecule has 1 aromatic carbocycles. The lowest BCUT2D eigenvalue weighted by atomic mass is 9.97. The second-order valence-electron chi connectivity index (χ2n) is 7.32. The number of carboxylic acids is 1. The Hall–Kier alpha value is -2.37. The van der Waals surface area contributed by atoms with Crippen molar-refractivity contribution in [2.75, 3.05) is 26.7 Å². The van der Waals surface area contributed by atoms with Gasteiger partial charge in [-0.25, -0.2) is 0 Å². The van der Waals surface area contributed by atoms with E-state index in [9.17, 15) is 14.4 Å². The predicted octanol–water partition coefficient (Wildman–Crippen LogP) is 1.94. The highest BCUT2D eigenvalue weighted by molar-refractivity contribution is 5.86. The van der Waals surface area contributed by atoms with Gasteiger partial charge >= 0.3 is 5.97 Å². The minimum absolute atomic E-state index is 0.0187. The number of rotatable bonds is 5. The summed E-state index contributed by atoms with van der Waals surface area (Å²) >= 11 is 0. The van der Waals surface area contributed by atoms with E-state index in [1.54, 1.807) is 11.9 Å². The maximum atomic E-state index is 12.6. The summed E-state index contributed by atoms with van der Waals surface area (Å²) in [5.41, 5.74) is 4.33. The predicted molar refractivity (Wildman–Crippen MR) is 98.9 cm³/mol. The van der Waals surface area contributed by atoms with Gasteiger partial charge in [0.05, 0.1) is 18.9 Å². The van der Waals surface area contributed by atoms with Gasteiger partial charge in [0, 0.05) is 20.1 Å². The molecule has 1 N–H and O–H groups in total. The number of carboxylic acid groups (broad SMARTS) is 1. The molecule has 1 aliphatic heterocycles. The molecule has 2 rings (SSSR count). The van der Waals surface area contributed by atoms with Crippen LogP contribution in [0.3, 0.4) is 0 Å². The summed E-state index contributed by atoms with van der Waals surface area (Å²) < 4.78 is 0.